The van der Waals surface area contributed by atoms with E-state index in [0.717, 1.165) is 48.9 Å². The molecule has 0 unspecified atom stereocenters. The van der Waals surface area contributed by atoms with Crippen LogP contribution in [0.5, 0.6) is 5.75 Å². The number of aromatic nitrogens is 3. The molecular weight excluding hydrogens is 300 g/mol. The lowest BCUT2D eigenvalue weighted by Gasteiger charge is -2.23. The van der Waals surface area contributed by atoms with Crippen LogP contribution in [0.25, 0.3) is 6.08 Å². The van der Waals surface area contributed by atoms with Crippen molar-refractivity contribution in [1.29, 1.82) is 0 Å². The van der Waals surface area contributed by atoms with Crippen molar-refractivity contribution < 1.29 is 4.74 Å². The smallest absolute Gasteiger partial charge is 0.153 e. The topological polar surface area (TPSA) is 52.0 Å². The van der Waals surface area contributed by atoms with Gasteiger partial charge in [-0.3, -0.25) is 0 Å². The molecule has 0 bridgehead atoms. The van der Waals surface area contributed by atoms with Gasteiger partial charge in [0.15, 0.2) is 5.82 Å². The molecule has 0 radical (unpaired) electrons. The van der Waals surface area contributed by atoms with Crippen LogP contribution in [0.1, 0.15) is 43.4 Å². The Kier molecular flexibility index (Phi) is 5.30. The molecule has 0 fully saturated rings. The molecule has 0 aliphatic carbocycles. The van der Waals surface area contributed by atoms with Gasteiger partial charge < -0.3 is 10.1 Å². The quantitative estimate of drug-likeness (QED) is 0.886. The highest BCUT2D eigenvalue weighted by Gasteiger charge is 2.21. The van der Waals surface area contributed by atoms with Crippen LogP contribution in [0.4, 0.5) is 0 Å². The Labute approximate surface area is 143 Å². The number of para-hydroxylation sites is 1. The molecule has 0 spiro atoms. The van der Waals surface area contributed by atoms with Crippen molar-refractivity contribution in [1.82, 2.24) is 20.1 Å². The van der Waals surface area contributed by atoms with Gasteiger partial charge in [-0.25, -0.2) is 9.67 Å². The maximum atomic E-state index is 5.36. The predicted molar refractivity (Wildman–Crippen MR) is 96.3 cm³/mol. The Morgan fingerprint density at radius 1 is 1.38 bits per heavy atom. The molecule has 1 aliphatic heterocycles. The first-order valence-corrected chi connectivity index (χ1v) is 8.64. The minimum atomic E-state index is 0.387. The maximum absolute atomic E-state index is 5.36. The molecule has 128 valence electrons. The van der Waals surface area contributed by atoms with E-state index >= 15 is 0 Å². The number of nitrogens with zero attached hydrogens (tertiary/aromatic N) is 3. The summed E-state index contributed by atoms with van der Waals surface area (Å²) in [7, 11) is 1.70. The Hall–Kier alpha value is -2.14. The van der Waals surface area contributed by atoms with Gasteiger partial charge in [0.2, 0.25) is 0 Å². The van der Waals surface area contributed by atoms with Gasteiger partial charge >= 0.3 is 0 Å². The average Bonchev–Trinajstić information content (AvgIpc) is 3.02. The number of ether oxygens (including phenoxy) is 1. The van der Waals surface area contributed by atoms with E-state index in [4.69, 9.17) is 4.74 Å². The van der Waals surface area contributed by atoms with E-state index in [2.05, 4.69) is 52.1 Å². The highest BCUT2D eigenvalue weighted by Crippen LogP contribution is 2.19. The molecule has 1 aromatic heterocycles. The Balaban J connectivity index is 1.53. The van der Waals surface area contributed by atoms with Gasteiger partial charge in [-0.2, -0.15) is 5.10 Å². The summed E-state index contributed by atoms with van der Waals surface area (Å²) in [6.07, 6.45) is 6.35. The molecule has 1 N–H and O–H groups in total. The third-order valence-electron chi connectivity index (χ3n) is 4.35. The van der Waals surface area contributed by atoms with Crippen molar-refractivity contribution in [3.63, 3.8) is 0 Å². The zero-order valence-corrected chi connectivity index (χ0v) is 14.7. The number of hydrogen-bond acceptors (Lipinski definition) is 4. The van der Waals surface area contributed by atoms with E-state index in [1.807, 2.05) is 18.2 Å². The van der Waals surface area contributed by atoms with Gasteiger partial charge in [0.05, 0.1) is 13.7 Å². The van der Waals surface area contributed by atoms with E-state index in [1.54, 1.807) is 7.11 Å². The molecule has 5 heteroatoms. The number of aryl methyl sites for hydroxylation is 1. The number of hydrogen-bond donors (Lipinski definition) is 1. The Morgan fingerprint density at radius 3 is 3.00 bits per heavy atom. The SMILES string of the molecule is COc1ccccc1/C=C/CN[C@@H]1CCc2nc(C(C)C)nn2C1. The van der Waals surface area contributed by atoms with Crippen LogP contribution in [0.15, 0.2) is 30.3 Å². The van der Waals surface area contributed by atoms with Gasteiger partial charge in [0, 0.05) is 30.5 Å². The molecule has 2 aromatic rings. The first-order chi connectivity index (χ1) is 11.7. The summed E-state index contributed by atoms with van der Waals surface area (Å²) in [4.78, 5) is 4.64. The van der Waals surface area contributed by atoms with Crippen molar-refractivity contribution in [2.45, 2.75) is 45.2 Å². The number of fused-ring (bicyclic) bond motifs is 1. The minimum Gasteiger partial charge on any atom is -0.496 e. The van der Waals surface area contributed by atoms with E-state index in [-0.39, 0.29) is 0 Å². The number of nitrogens with one attached hydrogen (secondary N) is 1. The number of benzene rings is 1. The molecule has 5 nitrogen and oxygen atoms in total. The second-order valence-electron chi connectivity index (χ2n) is 6.51. The summed E-state index contributed by atoms with van der Waals surface area (Å²) < 4.78 is 7.43. The fourth-order valence-corrected chi connectivity index (χ4v) is 2.96. The molecule has 1 aromatic carbocycles. The molecule has 0 saturated carbocycles. The molecule has 0 saturated heterocycles. The van der Waals surface area contributed by atoms with Crippen LogP contribution in [-0.2, 0) is 13.0 Å². The predicted octanol–water partition coefficient (Wildman–Crippen LogP) is 3.03. The maximum Gasteiger partial charge on any atom is 0.153 e. The van der Waals surface area contributed by atoms with Crippen molar-refractivity contribution in [2.75, 3.05) is 13.7 Å². The second kappa shape index (κ2) is 7.62. The van der Waals surface area contributed by atoms with E-state index in [0.29, 0.717) is 12.0 Å². The minimum absolute atomic E-state index is 0.387. The summed E-state index contributed by atoms with van der Waals surface area (Å²) in [5, 5.41) is 8.22. The lowest BCUT2D eigenvalue weighted by molar-refractivity contribution is 0.369. The van der Waals surface area contributed by atoms with Crippen LogP contribution in [0.2, 0.25) is 0 Å². The summed E-state index contributed by atoms with van der Waals surface area (Å²) in [6, 6.07) is 8.49. The second-order valence-corrected chi connectivity index (χ2v) is 6.51. The lowest BCUT2D eigenvalue weighted by atomic mass is 10.1. The van der Waals surface area contributed by atoms with E-state index in [9.17, 15) is 0 Å². The summed E-state index contributed by atoms with van der Waals surface area (Å²) in [5.74, 6) is 3.38. The highest BCUT2D eigenvalue weighted by atomic mass is 16.5. The van der Waals surface area contributed by atoms with Crippen molar-refractivity contribution >= 4 is 6.08 Å². The zero-order chi connectivity index (χ0) is 16.9. The lowest BCUT2D eigenvalue weighted by Crippen LogP contribution is -2.37. The fraction of sp³-hybridized carbons (Fsp3) is 0.474. The highest BCUT2D eigenvalue weighted by molar-refractivity contribution is 5.57. The van der Waals surface area contributed by atoms with Crippen LogP contribution >= 0.6 is 0 Å². The van der Waals surface area contributed by atoms with Crippen molar-refractivity contribution in [3.05, 3.63) is 47.6 Å². The van der Waals surface area contributed by atoms with Crippen LogP contribution in [0.3, 0.4) is 0 Å². The first kappa shape index (κ1) is 16.7. The zero-order valence-electron chi connectivity index (χ0n) is 14.7. The van der Waals surface area contributed by atoms with Crippen molar-refractivity contribution in [3.8, 4) is 5.75 Å². The van der Waals surface area contributed by atoms with Crippen LogP contribution in [-0.4, -0.2) is 34.5 Å². The van der Waals surface area contributed by atoms with Gasteiger partial charge in [-0.05, 0) is 12.5 Å². The summed E-state index contributed by atoms with van der Waals surface area (Å²) >= 11 is 0. The van der Waals surface area contributed by atoms with Crippen LogP contribution < -0.4 is 10.1 Å². The molecule has 2 heterocycles. The largest absolute Gasteiger partial charge is 0.496 e. The van der Waals surface area contributed by atoms with Crippen molar-refractivity contribution in [2.24, 2.45) is 0 Å². The number of methoxy groups -OCH3 is 1. The summed E-state index contributed by atoms with van der Waals surface area (Å²) in [6.45, 7) is 6.01. The van der Waals surface area contributed by atoms with Gasteiger partial charge in [0.25, 0.3) is 0 Å². The Bertz CT molecular complexity index is 705. The monoisotopic (exact) mass is 326 g/mol. The molecular formula is C19H26N4O. The van der Waals surface area contributed by atoms with Gasteiger partial charge in [0.1, 0.15) is 11.6 Å². The van der Waals surface area contributed by atoms with E-state index < -0.39 is 0 Å². The van der Waals surface area contributed by atoms with Crippen LogP contribution in [0, 0.1) is 0 Å². The molecule has 3 rings (SSSR count). The number of rotatable bonds is 6. The third-order valence-corrected chi connectivity index (χ3v) is 4.35. The average molecular weight is 326 g/mol. The first-order valence-electron chi connectivity index (χ1n) is 8.64. The molecule has 1 aliphatic rings. The van der Waals surface area contributed by atoms with Gasteiger partial charge in [-0.15, -0.1) is 0 Å². The molecule has 0 amide bonds. The normalized spacial score (nSPS) is 17.4. The summed E-state index contributed by atoms with van der Waals surface area (Å²) in [5.41, 5.74) is 1.10. The Morgan fingerprint density at radius 2 is 2.21 bits per heavy atom. The molecule has 24 heavy (non-hydrogen) atoms. The molecule has 1 atom stereocenters. The van der Waals surface area contributed by atoms with E-state index in [1.165, 1.54) is 0 Å². The fourth-order valence-electron chi connectivity index (χ4n) is 2.96. The van der Waals surface area contributed by atoms with Gasteiger partial charge in [-0.1, -0.05) is 44.2 Å². The standard InChI is InChI=1S/C19H26N4O/c1-14(2)19-21-18-11-10-16(13-23(18)22-19)20-12-6-8-15-7-4-5-9-17(15)24-3/h4-9,14,16,20H,10-13H2,1-3H3/b8-6+/t16-/m1/s1. The third kappa shape index (κ3) is 3.85.